The average molecular weight is 395 g/mol. The Morgan fingerprint density at radius 2 is 1.41 bits per heavy atom. The van der Waals surface area contributed by atoms with Crippen molar-refractivity contribution in [2.75, 3.05) is 39.3 Å². The SMILES string of the molecule is CCCCCCN1CCN(C/C=C(/C)c2ccc(-c3ccc(F)cc3)cc2)CC1. The monoisotopic (exact) mass is 394 g/mol. The lowest BCUT2D eigenvalue weighted by atomic mass is 10.0. The number of nitrogens with zero attached hydrogens (tertiary/aromatic N) is 2. The predicted molar refractivity (Wildman–Crippen MR) is 123 cm³/mol. The van der Waals surface area contributed by atoms with Crippen molar-refractivity contribution >= 4 is 5.57 Å². The van der Waals surface area contributed by atoms with Crippen LogP contribution >= 0.6 is 0 Å². The van der Waals surface area contributed by atoms with Crippen LogP contribution in [0.15, 0.2) is 54.6 Å². The summed E-state index contributed by atoms with van der Waals surface area (Å²) in [5.41, 5.74) is 4.74. The van der Waals surface area contributed by atoms with Crippen LogP contribution in [0.3, 0.4) is 0 Å². The molecule has 0 aromatic heterocycles. The van der Waals surface area contributed by atoms with Gasteiger partial charge in [-0.25, -0.2) is 4.39 Å². The molecular formula is C26H35FN2. The van der Waals surface area contributed by atoms with Crippen LogP contribution in [0, 0.1) is 5.82 Å². The second-order valence-corrected chi connectivity index (χ2v) is 8.17. The lowest BCUT2D eigenvalue weighted by Crippen LogP contribution is -2.46. The molecule has 1 heterocycles. The summed E-state index contributed by atoms with van der Waals surface area (Å²) < 4.78 is 13.1. The van der Waals surface area contributed by atoms with Crippen molar-refractivity contribution < 1.29 is 4.39 Å². The molecule has 0 N–H and O–H groups in total. The van der Waals surface area contributed by atoms with Crippen molar-refractivity contribution in [2.45, 2.75) is 39.5 Å². The fourth-order valence-electron chi connectivity index (χ4n) is 3.91. The molecule has 0 unspecified atom stereocenters. The largest absolute Gasteiger partial charge is 0.301 e. The Morgan fingerprint density at radius 1 is 0.828 bits per heavy atom. The summed E-state index contributed by atoms with van der Waals surface area (Å²) >= 11 is 0. The van der Waals surface area contributed by atoms with Gasteiger partial charge in [-0.2, -0.15) is 0 Å². The van der Waals surface area contributed by atoms with Crippen molar-refractivity contribution in [3.05, 3.63) is 66.0 Å². The molecule has 1 aliphatic rings. The zero-order valence-electron chi connectivity index (χ0n) is 18.0. The standard InChI is InChI=1S/C26H35FN2/c1-3-4-5-6-16-28-18-20-29(21-19-28)17-15-22(2)23-7-9-24(10-8-23)25-11-13-26(27)14-12-25/h7-15H,3-6,16-21H2,1-2H3/b22-15-. The summed E-state index contributed by atoms with van der Waals surface area (Å²) in [6, 6.07) is 15.3. The van der Waals surface area contributed by atoms with Gasteiger partial charge >= 0.3 is 0 Å². The van der Waals surface area contributed by atoms with E-state index in [-0.39, 0.29) is 5.82 Å². The van der Waals surface area contributed by atoms with Crippen molar-refractivity contribution in [3.63, 3.8) is 0 Å². The van der Waals surface area contributed by atoms with Crippen LogP contribution in [0.5, 0.6) is 0 Å². The summed E-state index contributed by atoms with van der Waals surface area (Å²) in [4.78, 5) is 5.18. The summed E-state index contributed by atoms with van der Waals surface area (Å²) in [6.45, 7) is 11.5. The van der Waals surface area contributed by atoms with Crippen LogP contribution in [0.2, 0.25) is 0 Å². The van der Waals surface area contributed by atoms with Crippen LogP contribution in [0.4, 0.5) is 4.39 Å². The van der Waals surface area contributed by atoms with Gasteiger partial charge in [-0.15, -0.1) is 0 Å². The van der Waals surface area contributed by atoms with E-state index in [1.807, 2.05) is 12.1 Å². The van der Waals surface area contributed by atoms with E-state index in [1.165, 1.54) is 81.7 Å². The Balaban J connectivity index is 1.46. The maximum absolute atomic E-state index is 13.1. The summed E-state index contributed by atoms with van der Waals surface area (Å²) in [6.07, 6.45) is 7.76. The normalized spacial score (nSPS) is 16.3. The topological polar surface area (TPSA) is 6.48 Å². The van der Waals surface area contributed by atoms with E-state index >= 15 is 0 Å². The molecule has 1 aliphatic heterocycles. The molecule has 3 rings (SSSR count). The van der Waals surface area contributed by atoms with Crippen LogP contribution in [-0.4, -0.2) is 49.1 Å². The number of piperazine rings is 1. The molecule has 0 amide bonds. The third kappa shape index (κ3) is 6.80. The lowest BCUT2D eigenvalue weighted by molar-refractivity contribution is 0.140. The summed E-state index contributed by atoms with van der Waals surface area (Å²) in [5.74, 6) is -0.193. The molecule has 1 saturated heterocycles. The van der Waals surface area contributed by atoms with Gasteiger partial charge in [0.25, 0.3) is 0 Å². The van der Waals surface area contributed by atoms with Gasteiger partial charge in [-0.05, 0) is 54.3 Å². The first kappa shape index (κ1) is 21.7. The maximum Gasteiger partial charge on any atom is 0.123 e. The van der Waals surface area contributed by atoms with Crippen molar-refractivity contribution in [1.82, 2.24) is 9.80 Å². The van der Waals surface area contributed by atoms with Gasteiger partial charge in [-0.3, -0.25) is 4.90 Å². The van der Waals surface area contributed by atoms with Crippen LogP contribution in [0.1, 0.15) is 45.1 Å². The van der Waals surface area contributed by atoms with Gasteiger partial charge in [0.15, 0.2) is 0 Å². The molecule has 3 heteroatoms. The first-order valence-electron chi connectivity index (χ1n) is 11.1. The fraction of sp³-hybridized carbons (Fsp3) is 0.462. The van der Waals surface area contributed by atoms with E-state index in [0.717, 1.165) is 17.7 Å². The van der Waals surface area contributed by atoms with E-state index in [1.54, 1.807) is 0 Å². The first-order chi connectivity index (χ1) is 14.2. The molecular weight excluding hydrogens is 359 g/mol. The Kier molecular flexibility index (Phi) is 8.45. The molecule has 156 valence electrons. The van der Waals surface area contributed by atoms with E-state index < -0.39 is 0 Å². The van der Waals surface area contributed by atoms with Gasteiger partial charge in [-0.1, -0.05) is 68.7 Å². The van der Waals surface area contributed by atoms with E-state index in [9.17, 15) is 4.39 Å². The second-order valence-electron chi connectivity index (χ2n) is 8.17. The smallest absolute Gasteiger partial charge is 0.123 e. The highest BCUT2D eigenvalue weighted by atomic mass is 19.1. The molecule has 2 aromatic carbocycles. The number of hydrogen-bond donors (Lipinski definition) is 0. The van der Waals surface area contributed by atoms with Gasteiger partial charge < -0.3 is 4.90 Å². The minimum Gasteiger partial charge on any atom is -0.301 e. The van der Waals surface area contributed by atoms with Crippen molar-refractivity contribution in [1.29, 1.82) is 0 Å². The first-order valence-corrected chi connectivity index (χ1v) is 11.1. The molecule has 0 radical (unpaired) electrons. The third-order valence-corrected chi connectivity index (χ3v) is 5.97. The van der Waals surface area contributed by atoms with Gasteiger partial charge in [0.1, 0.15) is 5.82 Å². The second kappa shape index (κ2) is 11.3. The highest BCUT2D eigenvalue weighted by Crippen LogP contribution is 2.23. The number of unbranched alkanes of at least 4 members (excludes halogenated alkanes) is 3. The molecule has 29 heavy (non-hydrogen) atoms. The Bertz CT molecular complexity index is 756. The minimum absolute atomic E-state index is 0.193. The quantitative estimate of drug-likeness (QED) is 0.475. The zero-order chi connectivity index (χ0) is 20.5. The molecule has 0 spiro atoms. The maximum atomic E-state index is 13.1. The van der Waals surface area contributed by atoms with Gasteiger partial charge in [0.05, 0.1) is 0 Å². The predicted octanol–water partition coefficient (Wildman–Crippen LogP) is 6.09. The van der Waals surface area contributed by atoms with E-state index in [4.69, 9.17) is 0 Å². The molecule has 0 atom stereocenters. The van der Waals surface area contributed by atoms with Crippen LogP contribution < -0.4 is 0 Å². The average Bonchev–Trinajstić information content (AvgIpc) is 2.76. The van der Waals surface area contributed by atoms with Gasteiger partial charge in [0, 0.05) is 32.7 Å². The summed E-state index contributed by atoms with van der Waals surface area (Å²) in [7, 11) is 0. The Labute approximate surface area is 176 Å². The number of benzene rings is 2. The Hall–Kier alpha value is -1.97. The number of allylic oxidation sites excluding steroid dienone is 1. The Morgan fingerprint density at radius 3 is 2.03 bits per heavy atom. The number of halogens is 1. The minimum atomic E-state index is -0.193. The molecule has 0 bridgehead atoms. The van der Waals surface area contributed by atoms with Crippen LogP contribution in [0.25, 0.3) is 16.7 Å². The van der Waals surface area contributed by atoms with E-state index in [0.29, 0.717) is 0 Å². The molecule has 1 fully saturated rings. The number of hydrogen-bond acceptors (Lipinski definition) is 2. The molecule has 0 saturated carbocycles. The molecule has 2 nitrogen and oxygen atoms in total. The summed E-state index contributed by atoms with van der Waals surface area (Å²) in [5, 5.41) is 0. The fourth-order valence-corrected chi connectivity index (χ4v) is 3.91. The highest BCUT2D eigenvalue weighted by molar-refractivity contribution is 5.69. The van der Waals surface area contributed by atoms with Crippen molar-refractivity contribution in [2.24, 2.45) is 0 Å². The van der Waals surface area contributed by atoms with Crippen LogP contribution in [-0.2, 0) is 0 Å². The van der Waals surface area contributed by atoms with E-state index in [2.05, 4.69) is 54.0 Å². The van der Waals surface area contributed by atoms with Crippen molar-refractivity contribution in [3.8, 4) is 11.1 Å². The highest BCUT2D eigenvalue weighted by Gasteiger charge is 2.15. The third-order valence-electron chi connectivity index (χ3n) is 5.97. The number of rotatable bonds is 9. The molecule has 0 aliphatic carbocycles. The molecule has 2 aromatic rings. The zero-order valence-corrected chi connectivity index (χ0v) is 18.0. The lowest BCUT2D eigenvalue weighted by Gasteiger charge is -2.34. The van der Waals surface area contributed by atoms with Gasteiger partial charge in [0.2, 0.25) is 0 Å².